The normalized spacial score (nSPS) is 15.0. The first kappa shape index (κ1) is 15.3. The summed E-state index contributed by atoms with van der Waals surface area (Å²) in [6.45, 7) is 0. The molecule has 3 aromatic rings. The molecule has 1 unspecified atom stereocenters. The summed E-state index contributed by atoms with van der Waals surface area (Å²) in [7, 11) is 0. The van der Waals surface area contributed by atoms with Crippen molar-refractivity contribution in [2.75, 3.05) is 5.32 Å². The molecule has 0 saturated heterocycles. The van der Waals surface area contributed by atoms with Gasteiger partial charge in [-0.1, -0.05) is 48.5 Å². The van der Waals surface area contributed by atoms with Crippen LogP contribution in [0.5, 0.6) is 0 Å². The monoisotopic (exact) mass is 327 g/mol. The molecule has 25 heavy (non-hydrogen) atoms. The fourth-order valence-electron chi connectivity index (χ4n) is 2.71. The highest BCUT2D eigenvalue weighted by atomic mass is 16.1. The highest BCUT2D eigenvalue weighted by molar-refractivity contribution is 6.03. The lowest BCUT2D eigenvalue weighted by Crippen LogP contribution is -2.14. The van der Waals surface area contributed by atoms with Crippen molar-refractivity contribution in [1.82, 2.24) is 4.98 Å². The Hall–Kier alpha value is -3.27. The van der Waals surface area contributed by atoms with Gasteiger partial charge in [0.1, 0.15) is 5.69 Å². The zero-order chi connectivity index (χ0) is 17.1. The second-order valence-corrected chi connectivity index (χ2v) is 6.00. The van der Waals surface area contributed by atoms with Crippen molar-refractivity contribution in [1.29, 1.82) is 0 Å². The molecule has 0 spiro atoms. The van der Waals surface area contributed by atoms with Crippen molar-refractivity contribution in [3.05, 3.63) is 84.1 Å². The number of carbonyl (C=O) groups is 1. The zero-order valence-electron chi connectivity index (χ0n) is 13.6. The molecule has 1 aliphatic heterocycles. The van der Waals surface area contributed by atoms with Gasteiger partial charge >= 0.3 is 0 Å². The highest BCUT2D eigenvalue weighted by Gasteiger charge is 2.14. The van der Waals surface area contributed by atoms with Crippen LogP contribution in [0.25, 0.3) is 11.3 Å². The van der Waals surface area contributed by atoms with Crippen LogP contribution in [-0.2, 0) is 6.42 Å². The third kappa shape index (κ3) is 3.80. The van der Waals surface area contributed by atoms with Crippen molar-refractivity contribution >= 4 is 17.8 Å². The van der Waals surface area contributed by atoms with Crippen LogP contribution in [0, 0.1) is 0 Å². The number of rotatable bonds is 5. The van der Waals surface area contributed by atoms with Gasteiger partial charge in [0, 0.05) is 17.5 Å². The zero-order valence-corrected chi connectivity index (χ0v) is 13.6. The lowest BCUT2D eigenvalue weighted by Gasteiger charge is -2.08. The lowest BCUT2D eigenvalue weighted by molar-refractivity contribution is 0.102. The topological polar surface area (TPSA) is 54.4 Å². The van der Waals surface area contributed by atoms with E-state index in [0.717, 1.165) is 28.9 Å². The minimum atomic E-state index is -0.211. The van der Waals surface area contributed by atoms with E-state index < -0.39 is 0 Å². The summed E-state index contributed by atoms with van der Waals surface area (Å²) in [4.78, 5) is 21.2. The molecule has 0 radical (unpaired) electrons. The Kier molecular flexibility index (Phi) is 4.09. The maximum absolute atomic E-state index is 12.5. The second kappa shape index (κ2) is 6.69. The Balaban J connectivity index is 1.51. The average molecular weight is 327 g/mol. The van der Waals surface area contributed by atoms with Crippen molar-refractivity contribution in [2.45, 2.75) is 12.5 Å². The summed E-state index contributed by atoms with van der Waals surface area (Å²) < 4.78 is 0. The van der Waals surface area contributed by atoms with Gasteiger partial charge in [-0.15, -0.1) is 0 Å². The van der Waals surface area contributed by atoms with E-state index in [1.165, 1.54) is 0 Å². The van der Waals surface area contributed by atoms with Gasteiger partial charge in [-0.25, -0.2) is 4.98 Å². The lowest BCUT2D eigenvalue weighted by atomic mass is 10.1. The SMILES string of the molecule is O=C(Nc1cccc(CC2C=N2)c1)c1cccc(-c2ccccc2)n1. The first-order valence-electron chi connectivity index (χ1n) is 8.24. The summed E-state index contributed by atoms with van der Waals surface area (Å²) in [5, 5.41) is 2.93. The number of nitrogens with zero attached hydrogens (tertiary/aromatic N) is 2. The first-order valence-corrected chi connectivity index (χ1v) is 8.24. The van der Waals surface area contributed by atoms with Crippen LogP contribution in [0.2, 0.25) is 0 Å². The molecule has 4 nitrogen and oxygen atoms in total. The quantitative estimate of drug-likeness (QED) is 0.770. The number of aliphatic imine (C=N–C) groups is 1. The molecular formula is C21H17N3O. The van der Waals surface area contributed by atoms with Gasteiger partial charge < -0.3 is 5.32 Å². The van der Waals surface area contributed by atoms with Crippen molar-refractivity contribution in [3.63, 3.8) is 0 Å². The Labute approximate surface area is 146 Å². The third-order valence-electron chi connectivity index (χ3n) is 4.04. The minimum absolute atomic E-state index is 0.211. The molecule has 0 saturated carbocycles. The molecule has 2 heterocycles. The maximum Gasteiger partial charge on any atom is 0.274 e. The molecule has 0 aliphatic carbocycles. The average Bonchev–Trinajstić information content (AvgIpc) is 3.47. The van der Waals surface area contributed by atoms with Crippen molar-refractivity contribution in [3.8, 4) is 11.3 Å². The fraction of sp³-hybridized carbons (Fsp3) is 0.0952. The van der Waals surface area contributed by atoms with Crippen molar-refractivity contribution < 1.29 is 4.79 Å². The van der Waals surface area contributed by atoms with E-state index in [2.05, 4.69) is 15.3 Å². The Morgan fingerprint density at radius 2 is 1.76 bits per heavy atom. The molecule has 1 N–H and O–H groups in total. The molecule has 122 valence electrons. The number of pyridine rings is 1. The number of aromatic nitrogens is 1. The highest BCUT2D eigenvalue weighted by Crippen LogP contribution is 2.19. The molecule has 2 aromatic carbocycles. The minimum Gasteiger partial charge on any atom is -0.321 e. The Bertz CT molecular complexity index is 929. The van der Waals surface area contributed by atoms with Gasteiger partial charge in [0.2, 0.25) is 0 Å². The molecule has 1 aliphatic rings. The number of benzene rings is 2. The predicted octanol–water partition coefficient (Wildman–Crippen LogP) is 4.00. The molecule has 0 fully saturated rings. The van der Waals surface area contributed by atoms with Gasteiger partial charge in [0.25, 0.3) is 5.91 Å². The fourth-order valence-corrected chi connectivity index (χ4v) is 2.71. The van der Waals surface area contributed by atoms with E-state index in [-0.39, 0.29) is 5.91 Å². The number of hydrogen-bond donors (Lipinski definition) is 1. The van der Waals surface area contributed by atoms with E-state index in [0.29, 0.717) is 11.7 Å². The van der Waals surface area contributed by atoms with Crippen molar-refractivity contribution in [2.24, 2.45) is 4.99 Å². The second-order valence-electron chi connectivity index (χ2n) is 6.00. The standard InChI is InChI=1S/C21H17N3O/c25-21(23-17-9-4-6-15(12-17)13-18-14-22-18)20-11-5-10-19(24-20)16-7-2-1-3-8-16/h1-12,14,18H,13H2,(H,23,25). The van der Waals surface area contributed by atoms with Gasteiger partial charge in [0.15, 0.2) is 0 Å². The van der Waals surface area contributed by atoms with E-state index in [9.17, 15) is 4.79 Å². The summed E-state index contributed by atoms with van der Waals surface area (Å²) in [5.41, 5.74) is 4.11. The van der Waals surface area contributed by atoms with Crippen LogP contribution < -0.4 is 5.32 Å². The number of anilines is 1. The summed E-state index contributed by atoms with van der Waals surface area (Å²) in [6, 6.07) is 23.5. The first-order chi connectivity index (χ1) is 12.3. The Morgan fingerprint density at radius 3 is 2.56 bits per heavy atom. The Morgan fingerprint density at radius 1 is 0.960 bits per heavy atom. The number of hydrogen-bond acceptors (Lipinski definition) is 3. The molecule has 0 bridgehead atoms. The van der Waals surface area contributed by atoms with E-state index in [4.69, 9.17) is 0 Å². The summed E-state index contributed by atoms with van der Waals surface area (Å²) in [6.07, 6.45) is 2.82. The van der Waals surface area contributed by atoms with Crippen LogP contribution in [0.15, 0.2) is 77.8 Å². The van der Waals surface area contributed by atoms with Gasteiger partial charge in [-0.05, 0) is 36.2 Å². The molecule has 1 amide bonds. The third-order valence-corrected chi connectivity index (χ3v) is 4.04. The van der Waals surface area contributed by atoms with Crippen LogP contribution in [0.4, 0.5) is 5.69 Å². The van der Waals surface area contributed by atoms with Gasteiger partial charge in [-0.3, -0.25) is 9.79 Å². The summed E-state index contributed by atoms with van der Waals surface area (Å²) >= 11 is 0. The van der Waals surface area contributed by atoms with E-state index in [1.807, 2.05) is 72.9 Å². The van der Waals surface area contributed by atoms with Crippen LogP contribution in [-0.4, -0.2) is 23.1 Å². The maximum atomic E-state index is 12.5. The predicted molar refractivity (Wildman–Crippen MR) is 100 cm³/mol. The summed E-state index contributed by atoms with van der Waals surface area (Å²) in [5.74, 6) is -0.211. The smallest absolute Gasteiger partial charge is 0.274 e. The van der Waals surface area contributed by atoms with Crippen LogP contribution in [0.1, 0.15) is 16.1 Å². The van der Waals surface area contributed by atoms with Crippen LogP contribution in [0.3, 0.4) is 0 Å². The molecule has 4 heteroatoms. The molecular weight excluding hydrogens is 310 g/mol. The number of amides is 1. The molecule has 4 rings (SSSR count). The van der Waals surface area contributed by atoms with Crippen LogP contribution >= 0.6 is 0 Å². The van der Waals surface area contributed by atoms with Gasteiger partial charge in [0.05, 0.1) is 11.7 Å². The molecule has 1 atom stereocenters. The largest absolute Gasteiger partial charge is 0.321 e. The molecule has 1 aromatic heterocycles. The number of nitrogens with one attached hydrogen (secondary N) is 1. The van der Waals surface area contributed by atoms with E-state index in [1.54, 1.807) is 6.07 Å². The van der Waals surface area contributed by atoms with Gasteiger partial charge in [-0.2, -0.15) is 0 Å². The van der Waals surface area contributed by atoms with E-state index >= 15 is 0 Å². The number of carbonyl (C=O) groups excluding carboxylic acids is 1.